The van der Waals surface area contributed by atoms with Crippen LogP contribution in [0.2, 0.25) is 5.02 Å². The number of pyridine rings is 1. The predicted octanol–water partition coefficient (Wildman–Crippen LogP) is 5.50. The first-order valence-electron chi connectivity index (χ1n) is 8.83. The van der Waals surface area contributed by atoms with E-state index in [-0.39, 0.29) is 11.6 Å². The fourth-order valence-electron chi connectivity index (χ4n) is 2.19. The largest absolute Gasteiger partial charge is 0.591 e. The van der Waals surface area contributed by atoms with Crippen molar-refractivity contribution in [3.8, 4) is 17.0 Å². The summed E-state index contributed by atoms with van der Waals surface area (Å²) in [6.07, 6.45) is -0.787. The Balaban J connectivity index is 2.43. The quantitative estimate of drug-likeness (QED) is 0.292. The summed E-state index contributed by atoms with van der Waals surface area (Å²) in [5.74, 6) is -0.0827. The first-order valence-corrected chi connectivity index (χ1v) is 11.4. The maximum Gasteiger partial charge on any atom is 0.159 e. The molecule has 0 saturated carbocycles. The van der Waals surface area contributed by atoms with Gasteiger partial charge in [-0.3, -0.25) is 0 Å². The van der Waals surface area contributed by atoms with Crippen LogP contribution < -0.4 is 4.74 Å². The summed E-state index contributed by atoms with van der Waals surface area (Å²) in [6, 6.07) is 5.98. The Labute approximate surface area is 192 Å². The van der Waals surface area contributed by atoms with Crippen molar-refractivity contribution in [1.82, 2.24) is 4.98 Å². The number of halogens is 3. The van der Waals surface area contributed by atoms with Crippen LogP contribution in [0.4, 0.5) is 4.39 Å². The van der Waals surface area contributed by atoms with Crippen molar-refractivity contribution < 1.29 is 18.8 Å². The molecule has 5 nitrogen and oxygen atoms in total. The topological polar surface area (TPSA) is 77.8 Å². The Bertz CT molecular complexity index is 919. The maximum atomic E-state index is 13.6. The number of nitrogens with zero attached hydrogens (tertiary/aromatic N) is 2. The minimum absolute atomic E-state index is 0.0361. The highest BCUT2D eigenvalue weighted by Gasteiger charge is 2.27. The lowest BCUT2D eigenvalue weighted by Gasteiger charge is -2.19. The van der Waals surface area contributed by atoms with Crippen molar-refractivity contribution in [3.05, 3.63) is 44.4 Å². The van der Waals surface area contributed by atoms with Gasteiger partial charge in [0.15, 0.2) is 5.75 Å². The lowest BCUT2D eigenvalue weighted by atomic mass is 10.1. The van der Waals surface area contributed by atoms with E-state index in [2.05, 4.69) is 32.0 Å². The summed E-state index contributed by atoms with van der Waals surface area (Å²) in [4.78, 5) is 4.49. The van der Waals surface area contributed by atoms with Crippen molar-refractivity contribution in [2.24, 2.45) is 4.40 Å². The van der Waals surface area contributed by atoms with E-state index in [9.17, 15) is 14.0 Å². The van der Waals surface area contributed by atoms with E-state index in [0.717, 1.165) is 0 Å². The molecule has 1 aromatic heterocycles. The van der Waals surface area contributed by atoms with Gasteiger partial charge >= 0.3 is 0 Å². The summed E-state index contributed by atoms with van der Waals surface area (Å²) >= 11 is 6.64. The van der Waals surface area contributed by atoms with Crippen LogP contribution in [0.3, 0.4) is 0 Å². The van der Waals surface area contributed by atoms with Crippen LogP contribution in [0, 0.1) is 9.39 Å². The van der Waals surface area contributed by atoms with E-state index in [1.165, 1.54) is 12.1 Å². The smallest absolute Gasteiger partial charge is 0.159 e. The monoisotopic (exact) mass is 552 g/mol. The first-order chi connectivity index (χ1) is 13.4. The van der Waals surface area contributed by atoms with E-state index in [1.54, 1.807) is 26.0 Å². The fourth-order valence-corrected chi connectivity index (χ4v) is 3.71. The van der Waals surface area contributed by atoms with E-state index >= 15 is 0 Å². The van der Waals surface area contributed by atoms with Gasteiger partial charge in [0.25, 0.3) is 0 Å². The molecule has 0 aliphatic carbocycles. The number of hydrogen-bond acceptors (Lipinski definition) is 5. The van der Waals surface area contributed by atoms with Crippen LogP contribution in [-0.4, -0.2) is 31.7 Å². The highest BCUT2D eigenvalue weighted by molar-refractivity contribution is 14.1. The van der Waals surface area contributed by atoms with Crippen molar-refractivity contribution in [2.45, 2.75) is 45.5 Å². The third kappa shape index (κ3) is 6.52. The Hall–Kier alpha value is -0.940. The van der Waals surface area contributed by atoms with Gasteiger partial charge in [-0.25, -0.2) is 9.37 Å². The standard InChI is InChI=1S/C20H23ClFIN2O3S/c1-11(25-29(27)20(3,4)5)10-28-19-16(23)9-17(12(2)26)24-18(19)13-6-7-15(22)14(21)8-13/h6-9,12,26H,10H2,1-5H3/b25-11+. The zero-order chi connectivity index (χ0) is 21.9. The van der Waals surface area contributed by atoms with Crippen LogP contribution in [0.15, 0.2) is 28.7 Å². The molecule has 1 heterocycles. The minimum Gasteiger partial charge on any atom is -0.591 e. The van der Waals surface area contributed by atoms with E-state index in [0.29, 0.717) is 32.0 Å². The SMILES string of the molecule is C/C(COc1c(I)cc(C(C)O)nc1-c1ccc(F)c(Cl)c1)=N\[S+]([O-])C(C)(C)C. The van der Waals surface area contributed by atoms with Crippen LogP contribution in [0.5, 0.6) is 5.75 Å². The van der Waals surface area contributed by atoms with Gasteiger partial charge in [0.1, 0.15) is 39.9 Å². The molecule has 0 aliphatic rings. The number of aliphatic hydroxyl groups excluding tert-OH is 1. The summed E-state index contributed by atoms with van der Waals surface area (Å²) in [5.41, 5.74) is 2.01. The number of aliphatic hydroxyl groups is 1. The molecule has 158 valence electrons. The average Bonchev–Trinajstić information content (AvgIpc) is 2.61. The summed E-state index contributed by atoms with van der Waals surface area (Å²) in [6.45, 7) is 8.99. The molecule has 9 heteroatoms. The molecule has 1 aromatic carbocycles. The molecular formula is C20H23ClFIN2O3S. The lowest BCUT2D eigenvalue weighted by Crippen LogP contribution is -2.27. The van der Waals surface area contributed by atoms with Gasteiger partial charge in [-0.05, 0) is 81.5 Å². The number of hydrogen-bond donors (Lipinski definition) is 1. The zero-order valence-corrected chi connectivity index (χ0v) is 20.5. The van der Waals surface area contributed by atoms with Crippen LogP contribution in [0.25, 0.3) is 11.3 Å². The van der Waals surface area contributed by atoms with Gasteiger partial charge in [0.05, 0.1) is 20.4 Å². The van der Waals surface area contributed by atoms with E-state index in [1.807, 2.05) is 20.8 Å². The Morgan fingerprint density at radius 1 is 1.41 bits per heavy atom. The third-order valence-corrected chi connectivity index (χ3v) is 6.37. The lowest BCUT2D eigenvalue weighted by molar-refractivity contribution is 0.194. The van der Waals surface area contributed by atoms with Crippen LogP contribution in [-0.2, 0) is 11.4 Å². The van der Waals surface area contributed by atoms with Crippen molar-refractivity contribution in [3.63, 3.8) is 0 Å². The molecule has 1 N–H and O–H groups in total. The normalized spacial score (nSPS) is 14.6. The van der Waals surface area contributed by atoms with Gasteiger partial charge in [-0.2, -0.15) is 0 Å². The highest BCUT2D eigenvalue weighted by atomic mass is 127. The molecule has 0 radical (unpaired) electrons. The second-order valence-electron chi connectivity index (χ2n) is 7.49. The Morgan fingerprint density at radius 2 is 2.07 bits per heavy atom. The maximum absolute atomic E-state index is 13.6. The molecule has 0 aliphatic heterocycles. The molecule has 2 atom stereocenters. The summed E-state index contributed by atoms with van der Waals surface area (Å²) in [7, 11) is 0. The number of ether oxygens (including phenoxy) is 1. The van der Waals surface area contributed by atoms with Crippen molar-refractivity contribution >= 4 is 51.3 Å². The van der Waals surface area contributed by atoms with Gasteiger partial charge in [0.2, 0.25) is 0 Å². The highest BCUT2D eigenvalue weighted by Crippen LogP contribution is 2.36. The number of benzene rings is 1. The van der Waals surface area contributed by atoms with Crippen LogP contribution >= 0.6 is 34.2 Å². The average molecular weight is 553 g/mol. The number of aromatic nitrogens is 1. The first kappa shape index (κ1) is 24.3. The molecule has 0 spiro atoms. The van der Waals surface area contributed by atoms with E-state index < -0.39 is 28.0 Å². The molecule has 29 heavy (non-hydrogen) atoms. The molecule has 2 rings (SSSR count). The van der Waals surface area contributed by atoms with Gasteiger partial charge < -0.3 is 14.4 Å². The number of rotatable bonds is 6. The third-order valence-electron chi connectivity index (χ3n) is 3.76. The Morgan fingerprint density at radius 3 is 2.62 bits per heavy atom. The molecule has 2 aromatic rings. The predicted molar refractivity (Wildman–Crippen MR) is 124 cm³/mol. The fraction of sp³-hybridized carbons (Fsp3) is 0.400. The summed E-state index contributed by atoms with van der Waals surface area (Å²) < 4.78 is 36.2. The van der Waals surface area contributed by atoms with Gasteiger partial charge in [-0.15, -0.1) is 0 Å². The molecule has 0 fully saturated rings. The second kappa shape index (κ2) is 9.91. The Kier molecular flexibility index (Phi) is 8.32. The molecular weight excluding hydrogens is 530 g/mol. The van der Waals surface area contributed by atoms with Crippen molar-refractivity contribution in [1.29, 1.82) is 0 Å². The molecule has 2 unspecified atom stereocenters. The minimum atomic E-state index is -1.39. The summed E-state index contributed by atoms with van der Waals surface area (Å²) in [5, 5.41) is 9.92. The zero-order valence-electron chi connectivity index (χ0n) is 16.8. The van der Waals surface area contributed by atoms with Crippen molar-refractivity contribution in [2.75, 3.05) is 6.61 Å². The second-order valence-corrected chi connectivity index (χ2v) is 11.0. The molecule has 0 amide bonds. The van der Waals surface area contributed by atoms with Gasteiger partial charge in [0, 0.05) is 5.56 Å². The van der Waals surface area contributed by atoms with Gasteiger partial charge in [-0.1, -0.05) is 16.0 Å². The van der Waals surface area contributed by atoms with Crippen LogP contribution in [0.1, 0.15) is 46.4 Å². The molecule has 0 saturated heterocycles. The molecule has 0 bridgehead atoms. The van der Waals surface area contributed by atoms with E-state index in [4.69, 9.17) is 16.3 Å².